The fourth-order valence-electron chi connectivity index (χ4n) is 9.90. The number of nitrogens with zero attached hydrogens (tertiary/aromatic N) is 5. The van der Waals surface area contributed by atoms with Gasteiger partial charge in [-0.15, -0.1) is 0 Å². The maximum absolute atomic E-state index is 15.4. The monoisotopic (exact) mass is 1020 g/mol. The lowest BCUT2D eigenvalue weighted by Gasteiger charge is -2.39. The van der Waals surface area contributed by atoms with Gasteiger partial charge in [0, 0.05) is 56.3 Å². The van der Waals surface area contributed by atoms with Gasteiger partial charge in [-0.3, -0.25) is 43.7 Å². The highest BCUT2D eigenvalue weighted by atomic mass is 16.6. The van der Waals surface area contributed by atoms with Crippen LogP contribution in [0.5, 0.6) is 5.75 Å². The molecule has 6 rings (SSSR count). The fraction of sp³-hybridized carbons (Fsp3) is 0.537. The number of allylic oxidation sites excluding steroid dienone is 1. The number of aromatic nitrogens is 1. The third-order valence-electron chi connectivity index (χ3n) is 14.2. The van der Waals surface area contributed by atoms with Crippen molar-refractivity contribution in [2.45, 2.75) is 155 Å². The predicted octanol–water partition coefficient (Wildman–Crippen LogP) is 4.36. The second kappa shape index (κ2) is 23.4. The number of phenolic OH excluding ortho intramolecular Hbond substituents is 1. The Balaban J connectivity index is 1.50. The van der Waals surface area contributed by atoms with Crippen LogP contribution in [0.15, 0.2) is 72.6 Å². The summed E-state index contributed by atoms with van der Waals surface area (Å²) in [4.78, 5) is 118. The van der Waals surface area contributed by atoms with E-state index >= 15 is 4.79 Å². The number of hydrogen-bond acceptors (Lipinski definition) is 11. The van der Waals surface area contributed by atoms with Crippen LogP contribution in [-0.4, -0.2) is 140 Å². The Morgan fingerprint density at radius 3 is 2.05 bits per heavy atom. The van der Waals surface area contributed by atoms with Crippen molar-refractivity contribution in [1.82, 2.24) is 40.5 Å². The second-order valence-corrected chi connectivity index (χ2v) is 21.4. The first-order chi connectivity index (χ1) is 34.8. The van der Waals surface area contributed by atoms with Gasteiger partial charge < -0.3 is 50.4 Å². The highest BCUT2D eigenvalue weighted by Crippen LogP contribution is 2.36. The first-order valence-corrected chi connectivity index (χ1v) is 25.4. The van der Waals surface area contributed by atoms with E-state index in [-0.39, 0.29) is 62.0 Å². The Hall–Kier alpha value is -7.09. The molecule has 4 heterocycles. The first-order valence-electron chi connectivity index (χ1n) is 25.4. The standard InChI is InChI=1S/C54H73N9O11/c1-12-13-17-37-47(65)58-39(26-35-28-62(54(8,9)46-29-74-46)40-18-15-14-16-36(35)40)52(70)59(10)42(21-30(2)3)49(67)57-38(24-34-19-20-45(64)41(25-34)63(72)73)48(66)55-33(7)51(69)60(11)44-23-32(6)27-61(53(44)71)43(22-31(4)5)50(68)56-37/h12-16,18-20,25,27-28,30-31,33,37-39,42-44,46,64H,17,21-24,26,29H2,1-11H3,(H,55,66)(H,56,68)(H,57,67)(H,58,65)/b13-12+/t33-,37?,38-,39-,42-,43-,44-,46?/m0/s1. The van der Waals surface area contributed by atoms with Crippen LogP contribution in [0.4, 0.5) is 5.69 Å². The summed E-state index contributed by atoms with van der Waals surface area (Å²) >= 11 is 0. The van der Waals surface area contributed by atoms with Crippen molar-refractivity contribution in [2.24, 2.45) is 11.8 Å². The molecule has 0 aliphatic carbocycles. The van der Waals surface area contributed by atoms with Gasteiger partial charge in [0.15, 0.2) is 5.75 Å². The van der Waals surface area contributed by atoms with E-state index in [9.17, 15) is 44.0 Å². The van der Waals surface area contributed by atoms with Crippen LogP contribution in [-0.2, 0) is 56.7 Å². The molecule has 2 fully saturated rings. The highest BCUT2D eigenvalue weighted by Gasteiger charge is 2.44. The molecular formula is C54H73N9O11. The summed E-state index contributed by atoms with van der Waals surface area (Å²) in [7, 11) is 2.85. The second-order valence-electron chi connectivity index (χ2n) is 21.4. The number of benzene rings is 2. The zero-order chi connectivity index (χ0) is 54.5. The van der Waals surface area contributed by atoms with Crippen LogP contribution >= 0.6 is 0 Å². The smallest absolute Gasteiger partial charge is 0.310 e. The van der Waals surface area contributed by atoms with Gasteiger partial charge in [0.05, 0.1) is 17.1 Å². The average molecular weight is 1020 g/mol. The van der Waals surface area contributed by atoms with Crippen molar-refractivity contribution in [1.29, 1.82) is 0 Å². The molecule has 20 nitrogen and oxygen atoms in total. The minimum absolute atomic E-state index is 0.0136. The largest absolute Gasteiger partial charge is 0.502 e. The molecule has 0 saturated carbocycles. The fourth-order valence-corrected chi connectivity index (χ4v) is 9.90. The van der Waals surface area contributed by atoms with Crippen molar-refractivity contribution in [3.8, 4) is 5.75 Å². The molecule has 2 bridgehead atoms. The van der Waals surface area contributed by atoms with Crippen LogP contribution in [0.2, 0.25) is 0 Å². The van der Waals surface area contributed by atoms with E-state index in [2.05, 4.69) is 39.7 Å². The predicted molar refractivity (Wildman–Crippen MR) is 277 cm³/mol. The lowest BCUT2D eigenvalue weighted by atomic mass is 9.95. The Morgan fingerprint density at radius 1 is 0.811 bits per heavy atom. The molecule has 3 aliphatic heterocycles. The van der Waals surface area contributed by atoms with Crippen molar-refractivity contribution < 1.29 is 48.3 Å². The van der Waals surface area contributed by atoms with Crippen LogP contribution in [0, 0.1) is 22.0 Å². The number of nitro benzene ring substituents is 1. The number of phenols is 1. The molecule has 7 amide bonds. The van der Waals surface area contributed by atoms with E-state index in [0.717, 1.165) is 23.0 Å². The number of amides is 7. The van der Waals surface area contributed by atoms with Crippen molar-refractivity contribution in [3.63, 3.8) is 0 Å². The van der Waals surface area contributed by atoms with Gasteiger partial charge >= 0.3 is 5.69 Å². The normalized spacial score (nSPS) is 25.2. The third kappa shape index (κ3) is 12.8. The summed E-state index contributed by atoms with van der Waals surface area (Å²) in [6.07, 6.45) is 6.88. The molecule has 5 N–H and O–H groups in total. The molecule has 3 aromatic rings. The van der Waals surface area contributed by atoms with E-state index in [1.807, 2.05) is 58.2 Å². The Kier molecular flexibility index (Phi) is 17.8. The molecule has 0 radical (unpaired) electrons. The number of para-hydroxylation sites is 1. The number of ether oxygens (including phenoxy) is 1. The minimum atomic E-state index is -1.50. The van der Waals surface area contributed by atoms with Gasteiger partial charge in [-0.05, 0) is 95.4 Å². The van der Waals surface area contributed by atoms with E-state index in [1.54, 1.807) is 32.2 Å². The Labute approximate surface area is 432 Å². The van der Waals surface area contributed by atoms with E-state index < -0.39 is 106 Å². The number of rotatable bonds is 13. The molecule has 20 heteroatoms. The summed E-state index contributed by atoms with van der Waals surface area (Å²) in [6, 6.07) is 2.35. The number of carbonyl (C=O) groups is 7. The van der Waals surface area contributed by atoms with Crippen LogP contribution in [0.3, 0.4) is 0 Å². The zero-order valence-electron chi connectivity index (χ0n) is 44.3. The van der Waals surface area contributed by atoms with Crippen LogP contribution in [0.25, 0.3) is 10.9 Å². The van der Waals surface area contributed by atoms with E-state index in [0.29, 0.717) is 17.7 Å². The molecule has 74 heavy (non-hydrogen) atoms. The van der Waals surface area contributed by atoms with Crippen LogP contribution in [0.1, 0.15) is 99.1 Å². The summed E-state index contributed by atoms with van der Waals surface area (Å²) in [6.45, 7) is 17.1. The van der Waals surface area contributed by atoms with Gasteiger partial charge in [0.25, 0.3) is 0 Å². The van der Waals surface area contributed by atoms with Crippen molar-refractivity contribution in [3.05, 3.63) is 93.8 Å². The molecule has 0 spiro atoms. The topological polar surface area (TPSA) is 258 Å². The Morgan fingerprint density at radius 2 is 1.42 bits per heavy atom. The molecule has 3 aliphatic rings. The zero-order valence-corrected chi connectivity index (χ0v) is 44.3. The lowest BCUT2D eigenvalue weighted by Crippen LogP contribution is -2.60. The van der Waals surface area contributed by atoms with Gasteiger partial charge in [0.2, 0.25) is 41.4 Å². The molecule has 1 aromatic heterocycles. The van der Waals surface area contributed by atoms with E-state index in [4.69, 9.17) is 4.74 Å². The third-order valence-corrected chi connectivity index (χ3v) is 14.2. The number of carbonyl (C=O) groups excluding carboxylic acids is 7. The molecule has 400 valence electrons. The lowest BCUT2D eigenvalue weighted by molar-refractivity contribution is -0.385. The number of epoxide rings is 1. The summed E-state index contributed by atoms with van der Waals surface area (Å²) < 4.78 is 7.86. The maximum Gasteiger partial charge on any atom is 0.310 e. The minimum Gasteiger partial charge on any atom is -0.502 e. The number of aromatic hydroxyl groups is 1. The van der Waals surface area contributed by atoms with Crippen LogP contribution < -0.4 is 21.3 Å². The van der Waals surface area contributed by atoms with Crippen molar-refractivity contribution >= 4 is 57.9 Å². The van der Waals surface area contributed by atoms with E-state index in [1.165, 1.54) is 41.8 Å². The highest BCUT2D eigenvalue weighted by molar-refractivity contribution is 5.99. The maximum atomic E-state index is 15.4. The van der Waals surface area contributed by atoms with Crippen molar-refractivity contribution in [2.75, 3.05) is 20.7 Å². The average Bonchev–Trinajstić information content (AvgIpc) is 4.15. The number of likely N-dealkylation sites (N-methyl/N-ethyl adjacent to an activating group) is 2. The summed E-state index contributed by atoms with van der Waals surface area (Å²) in [5.41, 5.74) is 1.30. The summed E-state index contributed by atoms with van der Waals surface area (Å²) in [5.74, 6) is -5.81. The molecule has 8 atom stereocenters. The van der Waals surface area contributed by atoms with Gasteiger partial charge in [-0.2, -0.15) is 0 Å². The van der Waals surface area contributed by atoms with Gasteiger partial charge in [-0.25, -0.2) is 0 Å². The molecule has 2 unspecified atom stereocenters. The molecular weight excluding hydrogens is 951 g/mol. The number of hydrogen-bond donors (Lipinski definition) is 5. The van der Waals surface area contributed by atoms with Gasteiger partial charge in [-0.1, -0.05) is 69.7 Å². The quantitative estimate of drug-likeness (QED) is 0.0696. The first kappa shape index (κ1) is 56.2. The molecule has 2 aromatic carbocycles. The SMILES string of the molecule is C/C=C/CC1NC(=O)[C@H](CC(C)C)N2C=C(C)C[C@@H](C2=O)N(C)C(=O)[C@H](C)NC(=O)[C@H](Cc2ccc(O)c([N+](=O)[O-])c2)NC(=O)[C@H](CC(C)C)N(C)C(=O)[C@H](Cc2cn(C(C)(C)C3CO3)c3ccccc23)NC1=O. The molecule has 2 saturated heterocycles. The Bertz CT molecular complexity index is 2710. The number of fused-ring (bicyclic) bond motifs is 3. The number of nitrogens with one attached hydrogen (secondary N) is 4. The number of nitro groups is 1. The van der Waals surface area contributed by atoms with Gasteiger partial charge in [0.1, 0.15) is 48.4 Å². The summed E-state index contributed by atoms with van der Waals surface area (Å²) in [5, 5.41) is 34.3.